The molecule has 2 aliphatic rings. The van der Waals surface area contributed by atoms with Gasteiger partial charge in [0, 0.05) is 31.8 Å². The second-order valence-corrected chi connectivity index (χ2v) is 10.5. The number of imidazole rings is 1. The second-order valence-electron chi connectivity index (χ2n) is 7.45. The maximum Gasteiger partial charge on any atom is 1.00 e. The van der Waals surface area contributed by atoms with E-state index >= 15 is 0 Å². The first-order chi connectivity index (χ1) is 13.5. The fourth-order valence-electron chi connectivity index (χ4n) is 4.14. The quantitative estimate of drug-likeness (QED) is 0.353. The Bertz CT molecular complexity index is 1180. The SMILES string of the molecule is C[C@@H](O)[C@H]1C(=O)N2C(C(=O)[O-])=C(c3cn4cnc(S(=O)(=O)N(C)C)c4s3)[C@H](C)[C@H]12.[Na+]. The van der Waals surface area contributed by atoms with Crippen LogP contribution in [0.1, 0.15) is 18.7 Å². The van der Waals surface area contributed by atoms with Gasteiger partial charge in [0.25, 0.3) is 10.0 Å². The van der Waals surface area contributed by atoms with Crippen molar-refractivity contribution in [2.75, 3.05) is 14.1 Å². The number of nitrogens with zero attached hydrogens (tertiary/aromatic N) is 4. The number of aliphatic hydroxyl groups is 1. The number of hydrogen-bond donors (Lipinski definition) is 1. The van der Waals surface area contributed by atoms with Crippen molar-refractivity contribution in [3.8, 4) is 0 Å². The van der Waals surface area contributed by atoms with E-state index in [1.807, 2.05) is 0 Å². The Labute approximate surface area is 199 Å². The molecular formula is C17H19N4NaO6S2. The summed E-state index contributed by atoms with van der Waals surface area (Å²) < 4.78 is 27.6. The molecule has 13 heteroatoms. The van der Waals surface area contributed by atoms with E-state index in [0.29, 0.717) is 15.3 Å². The molecule has 4 atom stereocenters. The molecule has 1 N–H and O–H groups in total. The summed E-state index contributed by atoms with van der Waals surface area (Å²) in [4.78, 5) is 30.3. The monoisotopic (exact) mass is 462 g/mol. The molecule has 0 saturated carbocycles. The average Bonchev–Trinajstić information content (AvgIpc) is 3.23. The second kappa shape index (κ2) is 7.69. The molecule has 0 bridgehead atoms. The van der Waals surface area contributed by atoms with Gasteiger partial charge in [-0.25, -0.2) is 17.7 Å². The number of amides is 1. The Kier molecular flexibility index (Phi) is 6.00. The number of aliphatic hydroxyl groups excluding tert-OH is 1. The first kappa shape index (κ1) is 23.4. The number of rotatable bonds is 5. The number of hydrogen-bond acceptors (Lipinski definition) is 8. The van der Waals surface area contributed by atoms with E-state index in [-0.39, 0.29) is 46.2 Å². The number of thiazole rings is 1. The van der Waals surface area contributed by atoms with E-state index in [9.17, 15) is 28.2 Å². The van der Waals surface area contributed by atoms with Crippen LogP contribution >= 0.6 is 11.3 Å². The van der Waals surface area contributed by atoms with Crippen LogP contribution in [0.4, 0.5) is 0 Å². The molecule has 0 aliphatic carbocycles. The number of carboxylic acids is 1. The molecule has 0 unspecified atom stereocenters. The van der Waals surface area contributed by atoms with Gasteiger partial charge in [-0.05, 0) is 6.92 Å². The van der Waals surface area contributed by atoms with Gasteiger partial charge >= 0.3 is 29.6 Å². The van der Waals surface area contributed by atoms with Gasteiger partial charge in [-0.2, -0.15) is 0 Å². The zero-order valence-corrected chi connectivity index (χ0v) is 20.7. The van der Waals surface area contributed by atoms with E-state index in [1.54, 1.807) is 13.1 Å². The Balaban J connectivity index is 0.00000256. The summed E-state index contributed by atoms with van der Waals surface area (Å²) in [5, 5.41) is 21.7. The average molecular weight is 462 g/mol. The molecule has 156 valence electrons. The van der Waals surface area contributed by atoms with Gasteiger partial charge in [0.15, 0.2) is 0 Å². The number of fused-ring (bicyclic) bond motifs is 2. The van der Waals surface area contributed by atoms with Crippen LogP contribution in [0, 0.1) is 11.8 Å². The van der Waals surface area contributed by atoms with Gasteiger partial charge in [-0.15, -0.1) is 11.3 Å². The first-order valence-electron chi connectivity index (χ1n) is 8.84. The zero-order valence-electron chi connectivity index (χ0n) is 17.1. The van der Waals surface area contributed by atoms with Gasteiger partial charge in [0.2, 0.25) is 10.9 Å². The summed E-state index contributed by atoms with van der Waals surface area (Å²) >= 11 is 1.08. The van der Waals surface area contributed by atoms with Gasteiger partial charge in [-0.1, -0.05) is 6.92 Å². The molecular weight excluding hydrogens is 443 g/mol. The molecule has 4 heterocycles. The molecule has 2 aromatic rings. The summed E-state index contributed by atoms with van der Waals surface area (Å²) in [7, 11) is -0.981. The van der Waals surface area contributed by atoms with Crippen LogP contribution in [0.2, 0.25) is 0 Å². The predicted octanol–water partition coefficient (Wildman–Crippen LogP) is -4.03. The Morgan fingerprint density at radius 1 is 1.40 bits per heavy atom. The van der Waals surface area contributed by atoms with Crippen molar-refractivity contribution in [1.29, 1.82) is 0 Å². The fourth-order valence-corrected chi connectivity index (χ4v) is 6.54. The largest absolute Gasteiger partial charge is 1.00 e. The number of sulfonamides is 1. The molecule has 2 aliphatic heterocycles. The van der Waals surface area contributed by atoms with Crippen LogP contribution in [-0.4, -0.2) is 70.2 Å². The number of β-lactam (4-membered cyclic amide) rings is 1. The van der Waals surface area contributed by atoms with Gasteiger partial charge < -0.3 is 19.9 Å². The van der Waals surface area contributed by atoms with Crippen LogP contribution in [-0.2, 0) is 19.6 Å². The van der Waals surface area contributed by atoms with Crippen LogP contribution < -0.4 is 34.7 Å². The third-order valence-electron chi connectivity index (χ3n) is 5.54. The van der Waals surface area contributed by atoms with E-state index in [2.05, 4.69) is 4.98 Å². The predicted molar refractivity (Wildman–Crippen MR) is 101 cm³/mol. The van der Waals surface area contributed by atoms with Gasteiger partial charge in [-0.3, -0.25) is 9.20 Å². The van der Waals surface area contributed by atoms with E-state index < -0.39 is 40.0 Å². The molecule has 0 radical (unpaired) electrons. The van der Waals surface area contributed by atoms with E-state index in [0.717, 1.165) is 15.6 Å². The fraction of sp³-hybridized carbons (Fsp3) is 0.471. The topological polar surface area (TPSA) is 135 Å². The van der Waals surface area contributed by atoms with Crippen molar-refractivity contribution in [2.24, 2.45) is 11.8 Å². The van der Waals surface area contributed by atoms with Crippen LogP contribution in [0.5, 0.6) is 0 Å². The molecule has 1 fully saturated rings. The maximum absolute atomic E-state index is 12.5. The van der Waals surface area contributed by atoms with Gasteiger partial charge in [0.05, 0.1) is 34.6 Å². The third kappa shape index (κ3) is 3.08. The number of aromatic nitrogens is 2. The van der Waals surface area contributed by atoms with E-state index in [4.69, 9.17) is 0 Å². The summed E-state index contributed by atoms with van der Waals surface area (Å²) in [6.07, 6.45) is 2.04. The van der Waals surface area contributed by atoms with E-state index in [1.165, 1.54) is 36.6 Å². The minimum Gasteiger partial charge on any atom is -0.543 e. The number of carbonyl (C=O) groups is 2. The number of carboxylic acid groups (broad SMARTS) is 1. The molecule has 0 spiro atoms. The molecule has 1 amide bonds. The van der Waals surface area contributed by atoms with Crippen LogP contribution in [0.3, 0.4) is 0 Å². The Morgan fingerprint density at radius 2 is 2.03 bits per heavy atom. The molecule has 2 aromatic heterocycles. The smallest absolute Gasteiger partial charge is 0.543 e. The standard InChI is InChI=1S/C17H20N4O6S2.Na/c1-7-10(13(17(24)25)21-12(7)11(8(2)22)15(21)23)9-5-20-6-18-14(16(20)28-9)29(26,27)19(3)4;/h5-8,11-12,22H,1-4H3,(H,24,25);/q;+1/p-1/t7-,8+,11+,12+;/m0./s1. The van der Waals surface area contributed by atoms with Crippen LogP contribution in [0.25, 0.3) is 10.4 Å². The van der Waals surface area contributed by atoms with Crippen molar-refractivity contribution in [2.45, 2.75) is 31.0 Å². The Morgan fingerprint density at radius 3 is 2.57 bits per heavy atom. The van der Waals surface area contributed by atoms with Crippen molar-refractivity contribution < 1.29 is 57.8 Å². The van der Waals surface area contributed by atoms with Gasteiger partial charge in [0.1, 0.15) is 11.2 Å². The molecule has 1 saturated heterocycles. The van der Waals surface area contributed by atoms with Crippen molar-refractivity contribution in [1.82, 2.24) is 18.6 Å². The first-order valence-corrected chi connectivity index (χ1v) is 11.1. The summed E-state index contributed by atoms with van der Waals surface area (Å²) in [6.45, 7) is 3.29. The molecule has 4 rings (SSSR count). The normalized spacial score (nSPS) is 24.8. The summed E-state index contributed by atoms with van der Waals surface area (Å²) in [5.41, 5.74) is 0.173. The van der Waals surface area contributed by atoms with Crippen molar-refractivity contribution in [3.05, 3.63) is 23.1 Å². The maximum atomic E-state index is 12.5. The number of carbonyl (C=O) groups excluding carboxylic acids is 2. The molecule has 10 nitrogen and oxygen atoms in total. The molecule has 30 heavy (non-hydrogen) atoms. The minimum absolute atomic E-state index is 0. The van der Waals surface area contributed by atoms with Crippen LogP contribution in [0.15, 0.2) is 23.2 Å². The third-order valence-corrected chi connectivity index (χ3v) is 8.56. The van der Waals surface area contributed by atoms with Crippen molar-refractivity contribution in [3.63, 3.8) is 0 Å². The van der Waals surface area contributed by atoms with Crippen molar-refractivity contribution >= 4 is 43.6 Å². The Hall–Kier alpha value is -1.28. The zero-order chi connectivity index (χ0) is 21.4. The molecule has 0 aromatic carbocycles. The summed E-state index contributed by atoms with van der Waals surface area (Å²) in [5.74, 6) is -2.99. The number of aliphatic carboxylic acids is 1. The summed E-state index contributed by atoms with van der Waals surface area (Å²) in [6, 6.07) is -0.477. The minimum atomic E-state index is -3.78.